The Morgan fingerprint density at radius 2 is 1.71 bits per heavy atom. The minimum Gasteiger partial charge on any atom is -0.497 e. The van der Waals surface area contributed by atoms with Crippen LogP contribution in [0.5, 0.6) is 17.2 Å². The molecule has 0 bridgehead atoms. The number of para-hydroxylation sites is 2. The molecular formula is C25H27N3O8S2. The zero-order valence-electron chi connectivity index (χ0n) is 20.9. The summed E-state index contributed by atoms with van der Waals surface area (Å²) in [6, 6.07) is 16.8. The number of hydrogen-bond acceptors (Lipinski definition) is 8. The topological polar surface area (TPSA) is 140 Å². The van der Waals surface area contributed by atoms with Crippen molar-refractivity contribution in [2.24, 2.45) is 0 Å². The standard InChI is InChI=1S/C25H27N3O8S2/c1-4-37(30,31)28-16-24(36-23-8-6-5-7-21(23)28)25(29)26-17-9-12-19(13-10-17)38(32,33)27-20-15-18(34-2)11-14-22(20)35-3/h5-15,24,27H,4,16H2,1-3H3,(H,26,29). The van der Waals surface area contributed by atoms with E-state index in [2.05, 4.69) is 10.0 Å². The normalized spacial score (nSPS) is 15.1. The molecule has 3 aromatic rings. The van der Waals surface area contributed by atoms with Gasteiger partial charge in [-0.3, -0.25) is 13.8 Å². The van der Waals surface area contributed by atoms with Gasteiger partial charge in [0.2, 0.25) is 10.0 Å². The van der Waals surface area contributed by atoms with Crippen molar-refractivity contribution in [3.63, 3.8) is 0 Å². The Bertz CT molecular complexity index is 1540. The first-order valence-corrected chi connectivity index (χ1v) is 14.6. The fourth-order valence-electron chi connectivity index (χ4n) is 3.80. The number of hydrogen-bond donors (Lipinski definition) is 2. The van der Waals surface area contributed by atoms with E-state index in [-0.39, 0.29) is 28.6 Å². The molecule has 13 heteroatoms. The molecule has 0 saturated heterocycles. The molecule has 1 heterocycles. The van der Waals surface area contributed by atoms with Crippen molar-refractivity contribution in [2.45, 2.75) is 17.9 Å². The number of nitrogens with zero attached hydrogens (tertiary/aromatic N) is 1. The maximum atomic E-state index is 13.0. The van der Waals surface area contributed by atoms with Gasteiger partial charge in [0.05, 0.1) is 42.8 Å². The van der Waals surface area contributed by atoms with E-state index >= 15 is 0 Å². The summed E-state index contributed by atoms with van der Waals surface area (Å²) in [7, 11) is -4.76. The van der Waals surface area contributed by atoms with Crippen LogP contribution >= 0.6 is 0 Å². The first-order valence-electron chi connectivity index (χ1n) is 11.5. The van der Waals surface area contributed by atoms with Crippen LogP contribution in [0.1, 0.15) is 6.92 Å². The molecule has 0 aromatic heterocycles. The summed E-state index contributed by atoms with van der Waals surface area (Å²) in [5, 5.41) is 2.66. The van der Waals surface area contributed by atoms with Crippen LogP contribution in [-0.4, -0.2) is 55.4 Å². The number of amides is 1. The third-order valence-corrected chi connectivity index (χ3v) is 8.94. The van der Waals surface area contributed by atoms with Crippen molar-refractivity contribution >= 4 is 43.0 Å². The molecule has 1 aliphatic heterocycles. The Kier molecular flexibility index (Phi) is 7.69. The predicted octanol–water partition coefficient (Wildman–Crippen LogP) is 3.06. The monoisotopic (exact) mass is 561 g/mol. The van der Waals surface area contributed by atoms with Gasteiger partial charge in [-0.25, -0.2) is 16.8 Å². The van der Waals surface area contributed by atoms with Crippen molar-refractivity contribution in [3.05, 3.63) is 66.7 Å². The van der Waals surface area contributed by atoms with E-state index in [1.54, 1.807) is 36.4 Å². The molecule has 2 N–H and O–H groups in total. The molecule has 0 aliphatic carbocycles. The minimum absolute atomic E-state index is 0.0524. The SMILES string of the molecule is CCS(=O)(=O)N1CC(C(=O)Nc2ccc(S(=O)(=O)Nc3cc(OC)ccc3OC)cc2)Oc2ccccc21. The molecule has 0 spiro atoms. The number of fused-ring (bicyclic) bond motifs is 1. The lowest BCUT2D eigenvalue weighted by molar-refractivity contribution is -0.122. The lowest BCUT2D eigenvalue weighted by atomic mass is 10.2. The number of benzene rings is 3. The Morgan fingerprint density at radius 1 is 1.00 bits per heavy atom. The number of carbonyl (C=O) groups is 1. The summed E-state index contributed by atoms with van der Waals surface area (Å²) in [5.41, 5.74) is 0.874. The Balaban J connectivity index is 1.50. The lowest BCUT2D eigenvalue weighted by Crippen LogP contribution is -2.49. The second-order valence-corrected chi connectivity index (χ2v) is 12.1. The molecule has 202 valence electrons. The molecule has 38 heavy (non-hydrogen) atoms. The lowest BCUT2D eigenvalue weighted by Gasteiger charge is -2.34. The molecule has 1 atom stereocenters. The van der Waals surface area contributed by atoms with Gasteiger partial charge < -0.3 is 19.5 Å². The summed E-state index contributed by atoms with van der Waals surface area (Å²) in [5.74, 6) is 0.314. The number of carbonyl (C=O) groups excluding carboxylic acids is 1. The maximum absolute atomic E-state index is 13.0. The zero-order valence-corrected chi connectivity index (χ0v) is 22.5. The third kappa shape index (κ3) is 5.63. The van der Waals surface area contributed by atoms with Gasteiger partial charge in [-0.05, 0) is 55.5 Å². The van der Waals surface area contributed by atoms with E-state index in [1.165, 1.54) is 55.8 Å². The van der Waals surface area contributed by atoms with Gasteiger partial charge in [0, 0.05) is 11.8 Å². The van der Waals surface area contributed by atoms with E-state index < -0.39 is 32.1 Å². The second kappa shape index (κ2) is 10.8. The number of rotatable bonds is 9. The second-order valence-electron chi connectivity index (χ2n) is 8.19. The van der Waals surface area contributed by atoms with E-state index in [4.69, 9.17) is 14.2 Å². The number of sulfonamides is 2. The van der Waals surface area contributed by atoms with E-state index in [0.29, 0.717) is 22.9 Å². The van der Waals surface area contributed by atoms with Gasteiger partial charge in [-0.15, -0.1) is 0 Å². The van der Waals surface area contributed by atoms with Gasteiger partial charge in [-0.2, -0.15) is 0 Å². The first kappa shape index (κ1) is 27.1. The van der Waals surface area contributed by atoms with Gasteiger partial charge in [0.15, 0.2) is 6.10 Å². The predicted molar refractivity (Wildman–Crippen MR) is 143 cm³/mol. The highest BCUT2D eigenvalue weighted by Gasteiger charge is 2.36. The van der Waals surface area contributed by atoms with Crippen molar-refractivity contribution in [1.29, 1.82) is 0 Å². The smallest absolute Gasteiger partial charge is 0.267 e. The van der Waals surface area contributed by atoms with Crippen LogP contribution in [0.15, 0.2) is 71.6 Å². The van der Waals surface area contributed by atoms with E-state index in [1.807, 2.05) is 0 Å². The average molecular weight is 562 g/mol. The van der Waals surface area contributed by atoms with Gasteiger partial charge in [0.1, 0.15) is 17.2 Å². The molecule has 4 rings (SSSR count). The van der Waals surface area contributed by atoms with Crippen LogP contribution in [0.2, 0.25) is 0 Å². The molecule has 0 radical (unpaired) electrons. The summed E-state index contributed by atoms with van der Waals surface area (Å²) < 4.78 is 71.0. The highest BCUT2D eigenvalue weighted by Crippen LogP contribution is 2.35. The molecule has 11 nitrogen and oxygen atoms in total. The average Bonchev–Trinajstić information content (AvgIpc) is 2.92. The molecule has 1 aliphatic rings. The van der Waals surface area contributed by atoms with Crippen molar-refractivity contribution < 1.29 is 35.8 Å². The highest BCUT2D eigenvalue weighted by molar-refractivity contribution is 7.93. The van der Waals surface area contributed by atoms with Crippen LogP contribution in [0.25, 0.3) is 0 Å². The van der Waals surface area contributed by atoms with Crippen molar-refractivity contribution in [3.8, 4) is 17.2 Å². The number of anilines is 3. The van der Waals surface area contributed by atoms with Gasteiger partial charge >= 0.3 is 0 Å². The van der Waals surface area contributed by atoms with Crippen molar-refractivity contribution in [1.82, 2.24) is 0 Å². The fourth-order valence-corrected chi connectivity index (χ4v) is 5.98. The molecule has 1 unspecified atom stereocenters. The van der Waals surface area contributed by atoms with Gasteiger partial charge in [0.25, 0.3) is 15.9 Å². The highest BCUT2D eigenvalue weighted by atomic mass is 32.2. The van der Waals surface area contributed by atoms with Crippen LogP contribution < -0.4 is 28.6 Å². The Morgan fingerprint density at radius 3 is 2.37 bits per heavy atom. The summed E-state index contributed by atoms with van der Waals surface area (Å²) in [6.45, 7) is 1.33. The summed E-state index contributed by atoms with van der Waals surface area (Å²) in [4.78, 5) is 12.9. The minimum atomic E-state index is -3.99. The number of ether oxygens (including phenoxy) is 3. The molecule has 3 aromatic carbocycles. The maximum Gasteiger partial charge on any atom is 0.267 e. The number of methoxy groups -OCH3 is 2. The van der Waals surface area contributed by atoms with Crippen LogP contribution in [0.3, 0.4) is 0 Å². The zero-order chi connectivity index (χ0) is 27.5. The summed E-state index contributed by atoms with van der Waals surface area (Å²) in [6.07, 6.45) is -1.11. The Labute approximate surface area is 221 Å². The van der Waals surface area contributed by atoms with Crippen LogP contribution in [-0.2, 0) is 24.8 Å². The third-order valence-electron chi connectivity index (χ3n) is 5.81. The van der Waals surface area contributed by atoms with E-state index in [0.717, 1.165) is 0 Å². The summed E-state index contributed by atoms with van der Waals surface area (Å²) >= 11 is 0. The molecular weight excluding hydrogens is 534 g/mol. The fraction of sp³-hybridized carbons (Fsp3) is 0.240. The molecule has 0 saturated carbocycles. The quantitative estimate of drug-likeness (QED) is 0.406. The molecule has 0 fully saturated rings. The Hall–Kier alpha value is -3.97. The van der Waals surface area contributed by atoms with Crippen molar-refractivity contribution in [2.75, 3.05) is 40.9 Å². The van der Waals surface area contributed by atoms with Crippen LogP contribution in [0, 0.1) is 0 Å². The van der Waals surface area contributed by atoms with E-state index in [9.17, 15) is 21.6 Å². The van der Waals surface area contributed by atoms with Gasteiger partial charge in [-0.1, -0.05) is 12.1 Å². The largest absolute Gasteiger partial charge is 0.497 e. The molecule has 1 amide bonds. The number of nitrogens with one attached hydrogen (secondary N) is 2. The van der Waals surface area contributed by atoms with Crippen LogP contribution in [0.4, 0.5) is 17.1 Å². The first-order chi connectivity index (χ1) is 18.1.